The number of hydrogen-bond donors (Lipinski definition) is 0. The van der Waals surface area contributed by atoms with E-state index in [0.717, 1.165) is 4.48 Å². The SMILES string of the molecule is C=C/C(Br)=c1/ocnc1=C. The summed E-state index contributed by atoms with van der Waals surface area (Å²) < 4.78 is 5.76. The molecule has 0 aliphatic rings. The molecule has 0 radical (unpaired) electrons. The molecule has 0 aliphatic carbocycles. The molecule has 10 heavy (non-hydrogen) atoms. The van der Waals surface area contributed by atoms with E-state index in [1.54, 1.807) is 6.08 Å². The lowest BCUT2D eigenvalue weighted by Gasteiger charge is -1.79. The third-order valence-electron chi connectivity index (χ3n) is 1.04. The van der Waals surface area contributed by atoms with Gasteiger partial charge in [0.2, 0.25) is 0 Å². The molecule has 1 aromatic heterocycles. The Kier molecular flexibility index (Phi) is 2.06. The van der Waals surface area contributed by atoms with Crippen molar-refractivity contribution < 1.29 is 4.42 Å². The second-order valence-corrected chi connectivity index (χ2v) is 2.53. The monoisotopic (exact) mass is 199 g/mol. The minimum Gasteiger partial charge on any atom is -0.442 e. The van der Waals surface area contributed by atoms with Crippen LogP contribution >= 0.6 is 15.9 Å². The van der Waals surface area contributed by atoms with Gasteiger partial charge in [0.05, 0.1) is 4.48 Å². The number of hydrogen-bond acceptors (Lipinski definition) is 2. The van der Waals surface area contributed by atoms with Gasteiger partial charge in [-0.15, -0.1) is 0 Å². The molecule has 0 saturated carbocycles. The van der Waals surface area contributed by atoms with Gasteiger partial charge in [0.25, 0.3) is 0 Å². The lowest BCUT2D eigenvalue weighted by atomic mass is 10.5. The van der Waals surface area contributed by atoms with Crippen LogP contribution in [0.25, 0.3) is 11.1 Å². The molecule has 0 fully saturated rings. The lowest BCUT2D eigenvalue weighted by molar-refractivity contribution is 0.524. The molecule has 1 heterocycles. The standard InChI is InChI=1S/C7H6BrNO/c1-3-6(8)7-5(2)9-4-10-7/h3-4H,1-2H2/b7-6-. The molecule has 0 atom stereocenters. The predicted octanol–water partition coefficient (Wildman–Crippen LogP) is 0.774. The summed E-state index contributed by atoms with van der Waals surface area (Å²) >= 11 is 3.24. The number of allylic oxidation sites excluding steroid dienone is 1. The maximum Gasteiger partial charge on any atom is 0.182 e. The second kappa shape index (κ2) is 2.84. The fourth-order valence-corrected chi connectivity index (χ4v) is 0.878. The van der Waals surface area contributed by atoms with E-state index in [4.69, 9.17) is 4.42 Å². The molecule has 3 heteroatoms. The first kappa shape index (κ1) is 7.28. The molecule has 0 N–H and O–H groups in total. The van der Waals surface area contributed by atoms with Crippen LogP contribution in [0.5, 0.6) is 0 Å². The number of oxazole rings is 1. The van der Waals surface area contributed by atoms with E-state index in [-0.39, 0.29) is 0 Å². The molecule has 0 spiro atoms. The Morgan fingerprint density at radius 2 is 2.50 bits per heavy atom. The van der Waals surface area contributed by atoms with Gasteiger partial charge in [0, 0.05) is 0 Å². The van der Waals surface area contributed by atoms with Crippen molar-refractivity contribution in [1.29, 1.82) is 0 Å². The third-order valence-corrected chi connectivity index (χ3v) is 1.72. The van der Waals surface area contributed by atoms with E-state index >= 15 is 0 Å². The Balaban J connectivity index is 3.55. The lowest BCUT2D eigenvalue weighted by Crippen LogP contribution is -2.20. The zero-order valence-electron chi connectivity index (χ0n) is 5.30. The van der Waals surface area contributed by atoms with Crippen molar-refractivity contribution in [3.8, 4) is 0 Å². The van der Waals surface area contributed by atoms with Crippen molar-refractivity contribution in [3.63, 3.8) is 0 Å². The molecule has 2 nitrogen and oxygen atoms in total. The molecule has 0 bridgehead atoms. The summed E-state index contributed by atoms with van der Waals surface area (Å²) in [5.41, 5.74) is 0.634. The molecule has 1 aromatic rings. The van der Waals surface area contributed by atoms with Crippen molar-refractivity contribution in [2.24, 2.45) is 0 Å². The van der Waals surface area contributed by atoms with Gasteiger partial charge in [0.1, 0.15) is 5.35 Å². The largest absolute Gasteiger partial charge is 0.442 e. The number of nitrogens with zero attached hydrogens (tertiary/aromatic N) is 1. The van der Waals surface area contributed by atoms with E-state index in [0.29, 0.717) is 10.8 Å². The van der Waals surface area contributed by atoms with Crippen molar-refractivity contribution in [1.82, 2.24) is 4.98 Å². The average Bonchev–Trinajstić information content (AvgIpc) is 2.34. The Hall–Kier alpha value is -0.830. The van der Waals surface area contributed by atoms with E-state index < -0.39 is 0 Å². The highest BCUT2D eigenvalue weighted by Gasteiger charge is 1.91. The first-order valence-electron chi connectivity index (χ1n) is 2.66. The van der Waals surface area contributed by atoms with Gasteiger partial charge in [-0.3, -0.25) is 0 Å². The topological polar surface area (TPSA) is 26.0 Å². The van der Waals surface area contributed by atoms with Crippen LogP contribution in [-0.2, 0) is 0 Å². The summed E-state index contributed by atoms with van der Waals surface area (Å²) in [6, 6.07) is 0. The Labute approximate surface area is 66.7 Å². The van der Waals surface area contributed by atoms with Crippen molar-refractivity contribution >= 4 is 27.0 Å². The number of rotatable bonds is 1. The Bertz CT molecular complexity index is 339. The highest BCUT2D eigenvalue weighted by Crippen LogP contribution is 2.01. The van der Waals surface area contributed by atoms with Crippen molar-refractivity contribution in [2.45, 2.75) is 0 Å². The fraction of sp³-hybridized carbons (Fsp3) is 0. The fourth-order valence-electron chi connectivity index (χ4n) is 0.556. The van der Waals surface area contributed by atoms with Crippen LogP contribution in [0.1, 0.15) is 0 Å². The Morgan fingerprint density at radius 3 is 2.90 bits per heavy atom. The molecule has 1 rings (SSSR count). The van der Waals surface area contributed by atoms with Crippen LogP contribution in [-0.4, -0.2) is 4.98 Å². The van der Waals surface area contributed by atoms with Gasteiger partial charge in [-0.25, -0.2) is 4.98 Å². The minimum absolute atomic E-state index is 0.617. The molecule has 0 amide bonds. The van der Waals surface area contributed by atoms with Crippen LogP contribution in [0, 0.1) is 0 Å². The van der Waals surface area contributed by atoms with Gasteiger partial charge in [-0.1, -0.05) is 19.2 Å². The maximum atomic E-state index is 4.99. The summed E-state index contributed by atoms with van der Waals surface area (Å²) in [5.74, 6) is 0. The van der Waals surface area contributed by atoms with Crippen LogP contribution in [0.3, 0.4) is 0 Å². The van der Waals surface area contributed by atoms with Crippen molar-refractivity contribution in [3.05, 3.63) is 29.8 Å². The van der Waals surface area contributed by atoms with Gasteiger partial charge in [0.15, 0.2) is 11.8 Å². The summed E-state index contributed by atoms with van der Waals surface area (Å²) in [6.45, 7) is 7.20. The van der Waals surface area contributed by atoms with E-state index in [1.807, 2.05) is 0 Å². The molecular formula is C7H6BrNO. The summed E-state index contributed by atoms with van der Waals surface area (Å²) in [5, 5.41) is 0.617. The first-order chi connectivity index (χ1) is 4.75. The van der Waals surface area contributed by atoms with Crippen LogP contribution in [0.2, 0.25) is 0 Å². The molecule has 0 saturated heterocycles. The summed E-state index contributed by atoms with van der Waals surface area (Å²) in [7, 11) is 0. The molecular weight excluding hydrogens is 194 g/mol. The number of aromatic nitrogens is 1. The highest BCUT2D eigenvalue weighted by molar-refractivity contribution is 9.15. The first-order valence-corrected chi connectivity index (χ1v) is 3.45. The van der Waals surface area contributed by atoms with E-state index in [1.165, 1.54) is 6.39 Å². The summed E-state index contributed by atoms with van der Waals surface area (Å²) in [4.78, 5) is 3.81. The zero-order chi connectivity index (χ0) is 7.56. The second-order valence-electron chi connectivity index (χ2n) is 1.68. The van der Waals surface area contributed by atoms with E-state index in [9.17, 15) is 0 Å². The predicted molar refractivity (Wildman–Crippen MR) is 43.8 cm³/mol. The third kappa shape index (κ3) is 1.19. The average molecular weight is 200 g/mol. The van der Waals surface area contributed by atoms with Gasteiger partial charge >= 0.3 is 0 Å². The van der Waals surface area contributed by atoms with Crippen molar-refractivity contribution in [2.75, 3.05) is 0 Å². The summed E-state index contributed by atoms with van der Waals surface area (Å²) in [6.07, 6.45) is 2.98. The highest BCUT2D eigenvalue weighted by atomic mass is 79.9. The zero-order valence-corrected chi connectivity index (χ0v) is 6.89. The minimum atomic E-state index is 0.617. The van der Waals surface area contributed by atoms with Gasteiger partial charge in [-0.05, 0) is 15.9 Å². The number of halogens is 1. The molecule has 0 aromatic carbocycles. The van der Waals surface area contributed by atoms with Gasteiger partial charge in [-0.2, -0.15) is 0 Å². The maximum absolute atomic E-state index is 4.99. The smallest absolute Gasteiger partial charge is 0.182 e. The van der Waals surface area contributed by atoms with Gasteiger partial charge < -0.3 is 4.42 Å². The van der Waals surface area contributed by atoms with Crippen LogP contribution in [0.4, 0.5) is 0 Å². The van der Waals surface area contributed by atoms with Crippen LogP contribution < -0.4 is 10.8 Å². The molecule has 0 aliphatic heterocycles. The Morgan fingerprint density at radius 1 is 1.80 bits per heavy atom. The molecule has 52 valence electrons. The quantitative estimate of drug-likeness (QED) is 0.669. The van der Waals surface area contributed by atoms with E-state index in [2.05, 4.69) is 34.1 Å². The molecule has 0 unspecified atom stereocenters. The normalized spacial score (nSPS) is 12.9. The van der Waals surface area contributed by atoms with Crippen LogP contribution in [0.15, 0.2) is 23.5 Å².